The Morgan fingerprint density at radius 1 is 1.44 bits per heavy atom. The fourth-order valence-electron chi connectivity index (χ4n) is 1.86. The van der Waals surface area contributed by atoms with Crippen LogP contribution in [0, 0.1) is 5.41 Å². The Labute approximate surface area is 93.0 Å². The first-order chi connectivity index (χ1) is 7.23. The number of carbonyl (C=O) groups is 2. The van der Waals surface area contributed by atoms with Crippen LogP contribution in [-0.4, -0.2) is 42.3 Å². The van der Waals surface area contributed by atoms with Crippen molar-refractivity contribution in [2.75, 3.05) is 13.1 Å². The van der Waals surface area contributed by atoms with E-state index in [2.05, 4.69) is 5.32 Å². The molecule has 16 heavy (non-hydrogen) atoms. The topological polar surface area (TPSA) is 49.4 Å². The molecular formula is C10H16F2N2O2. The van der Waals surface area contributed by atoms with Crippen molar-refractivity contribution in [1.82, 2.24) is 10.2 Å². The van der Waals surface area contributed by atoms with E-state index in [4.69, 9.17) is 0 Å². The quantitative estimate of drug-likeness (QED) is 0.761. The van der Waals surface area contributed by atoms with E-state index in [1.165, 1.54) is 0 Å². The molecule has 1 unspecified atom stereocenters. The van der Waals surface area contributed by atoms with Crippen molar-refractivity contribution in [2.24, 2.45) is 5.41 Å². The smallest absolute Gasteiger partial charge is 0.255 e. The van der Waals surface area contributed by atoms with Gasteiger partial charge in [0.15, 0.2) is 0 Å². The van der Waals surface area contributed by atoms with Crippen LogP contribution in [0.3, 0.4) is 0 Å². The number of hydrogen-bond donors (Lipinski definition) is 1. The Kier molecular flexibility index (Phi) is 3.50. The fourth-order valence-corrected chi connectivity index (χ4v) is 1.86. The number of nitrogens with zero attached hydrogens (tertiary/aromatic N) is 1. The molecule has 0 saturated carbocycles. The number of halogens is 2. The van der Waals surface area contributed by atoms with Crippen molar-refractivity contribution in [1.29, 1.82) is 0 Å². The van der Waals surface area contributed by atoms with E-state index < -0.39 is 30.3 Å². The highest BCUT2D eigenvalue weighted by molar-refractivity contribution is 5.95. The summed E-state index contributed by atoms with van der Waals surface area (Å²) in [5.74, 6) is -0.826. The third kappa shape index (κ3) is 2.68. The summed E-state index contributed by atoms with van der Waals surface area (Å²) in [5, 5.41) is 2.42. The third-order valence-electron chi connectivity index (χ3n) is 2.45. The van der Waals surface area contributed by atoms with Gasteiger partial charge in [-0.05, 0) is 5.41 Å². The fraction of sp³-hybridized carbons (Fsp3) is 0.800. The Morgan fingerprint density at radius 2 is 2.00 bits per heavy atom. The molecule has 1 N–H and O–H groups in total. The van der Waals surface area contributed by atoms with E-state index in [0.717, 1.165) is 4.90 Å². The summed E-state index contributed by atoms with van der Waals surface area (Å²) in [4.78, 5) is 24.1. The van der Waals surface area contributed by atoms with Crippen molar-refractivity contribution in [2.45, 2.75) is 33.2 Å². The summed E-state index contributed by atoms with van der Waals surface area (Å²) in [6.45, 7) is 4.35. The van der Waals surface area contributed by atoms with Crippen LogP contribution in [-0.2, 0) is 9.59 Å². The first kappa shape index (κ1) is 12.9. The molecule has 1 saturated heterocycles. The number of hydrogen-bond acceptors (Lipinski definition) is 2. The van der Waals surface area contributed by atoms with E-state index in [-0.39, 0.29) is 12.5 Å². The van der Waals surface area contributed by atoms with E-state index in [1.54, 1.807) is 20.8 Å². The average molecular weight is 234 g/mol. The maximum atomic E-state index is 12.4. The second kappa shape index (κ2) is 4.35. The summed E-state index contributed by atoms with van der Waals surface area (Å²) in [6, 6.07) is -0.831. The average Bonchev–Trinajstić information content (AvgIpc) is 2.08. The summed E-state index contributed by atoms with van der Waals surface area (Å²) in [7, 11) is 0. The van der Waals surface area contributed by atoms with Crippen LogP contribution in [0.15, 0.2) is 0 Å². The number of nitrogens with one attached hydrogen (secondary N) is 1. The van der Waals surface area contributed by atoms with Crippen LogP contribution in [0.5, 0.6) is 0 Å². The molecule has 6 heteroatoms. The van der Waals surface area contributed by atoms with Crippen LogP contribution in [0.1, 0.15) is 20.8 Å². The minimum atomic E-state index is -2.63. The molecule has 1 atom stereocenters. The molecule has 1 aliphatic heterocycles. The van der Waals surface area contributed by atoms with Crippen LogP contribution in [0.4, 0.5) is 8.78 Å². The van der Waals surface area contributed by atoms with Gasteiger partial charge in [0.2, 0.25) is 11.8 Å². The standard InChI is InChI=1S/C10H16F2N2O2/c1-10(2,3)8-9(16)13-4-7(15)14(8)5-6(11)12/h6,8H,4-5H2,1-3H3,(H,13,16). The van der Waals surface area contributed by atoms with Gasteiger partial charge in [-0.1, -0.05) is 20.8 Å². The lowest BCUT2D eigenvalue weighted by Gasteiger charge is -2.41. The van der Waals surface area contributed by atoms with Crippen molar-refractivity contribution in [3.8, 4) is 0 Å². The van der Waals surface area contributed by atoms with Crippen LogP contribution < -0.4 is 5.32 Å². The number of carbonyl (C=O) groups excluding carboxylic acids is 2. The van der Waals surface area contributed by atoms with E-state index in [1.807, 2.05) is 0 Å². The molecule has 0 radical (unpaired) electrons. The molecule has 2 amide bonds. The largest absolute Gasteiger partial charge is 0.345 e. The van der Waals surface area contributed by atoms with E-state index in [0.29, 0.717) is 0 Å². The molecule has 1 fully saturated rings. The van der Waals surface area contributed by atoms with Gasteiger partial charge >= 0.3 is 0 Å². The van der Waals surface area contributed by atoms with Gasteiger partial charge in [-0.2, -0.15) is 0 Å². The molecule has 0 aromatic carbocycles. The van der Waals surface area contributed by atoms with Gasteiger partial charge in [-0.25, -0.2) is 8.78 Å². The Morgan fingerprint density at radius 3 is 2.44 bits per heavy atom. The lowest BCUT2D eigenvalue weighted by atomic mass is 9.84. The first-order valence-corrected chi connectivity index (χ1v) is 5.09. The third-order valence-corrected chi connectivity index (χ3v) is 2.45. The molecule has 1 heterocycles. The maximum absolute atomic E-state index is 12.4. The molecule has 1 aliphatic rings. The normalized spacial score (nSPS) is 22.6. The second-order valence-corrected chi connectivity index (χ2v) is 4.92. The minimum Gasteiger partial charge on any atom is -0.345 e. The summed E-state index contributed by atoms with van der Waals surface area (Å²) < 4.78 is 24.7. The lowest BCUT2D eigenvalue weighted by Crippen LogP contribution is -2.63. The highest BCUT2D eigenvalue weighted by Gasteiger charge is 2.42. The molecule has 0 aromatic rings. The zero-order valence-corrected chi connectivity index (χ0v) is 9.59. The number of amides is 2. The van der Waals surface area contributed by atoms with Crippen LogP contribution in [0.2, 0.25) is 0 Å². The highest BCUT2D eigenvalue weighted by Crippen LogP contribution is 2.27. The molecular weight excluding hydrogens is 218 g/mol. The molecule has 0 aliphatic carbocycles. The number of rotatable bonds is 2. The van der Waals surface area contributed by atoms with Gasteiger partial charge in [0.1, 0.15) is 6.04 Å². The van der Waals surface area contributed by atoms with Gasteiger partial charge < -0.3 is 10.2 Å². The Bertz CT molecular complexity index is 300. The van der Waals surface area contributed by atoms with Gasteiger partial charge in [0.05, 0.1) is 13.1 Å². The molecule has 4 nitrogen and oxygen atoms in total. The number of alkyl halides is 2. The summed E-state index contributed by atoms with van der Waals surface area (Å²) in [5.41, 5.74) is -0.560. The molecule has 0 aromatic heterocycles. The van der Waals surface area contributed by atoms with E-state index >= 15 is 0 Å². The molecule has 92 valence electrons. The molecule has 0 bridgehead atoms. The number of piperazine rings is 1. The van der Waals surface area contributed by atoms with Crippen molar-refractivity contribution in [3.63, 3.8) is 0 Å². The Hall–Kier alpha value is -1.20. The second-order valence-electron chi connectivity index (χ2n) is 4.92. The van der Waals surface area contributed by atoms with Gasteiger partial charge in [-0.15, -0.1) is 0 Å². The highest BCUT2D eigenvalue weighted by atomic mass is 19.3. The monoisotopic (exact) mass is 234 g/mol. The summed E-state index contributed by atoms with van der Waals surface area (Å²) in [6.07, 6.45) is -2.63. The predicted octanol–water partition coefficient (Wildman–Crippen LogP) is 0.625. The minimum absolute atomic E-state index is 0.196. The predicted molar refractivity (Wildman–Crippen MR) is 54.0 cm³/mol. The van der Waals surface area contributed by atoms with Gasteiger partial charge in [0, 0.05) is 0 Å². The first-order valence-electron chi connectivity index (χ1n) is 5.09. The Balaban J connectivity index is 2.95. The van der Waals surface area contributed by atoms with Crippen molar-refractivity contribution in [3.05, 3.63) is 0 Å². The van der Waals surface area contributed by atoms with Crippen LogP contribution >= 0.6 is 0 Å². The summed E-state index contributed by atoms with van der Waals surface area (Å²) >= 11 is 0. The zero-order valence-electron chi connectivity index (χ0n) is 9.59. The van der Waals surface area contributed by atoms with Gasteiger partial charge in [0.25, 0.3) is 6.43 Å². The van der Waals surface area contributed by atoms with Gasteiger partial charge in [-0.3, -0.25) is 9.59 Å². The zero-order chi connectivity index (χ0) is 12.5. The SMILES string of the molecule is CC(C)(C)C1C(=O)NCC(=O)N1CC(F)F. The maximum Gasteiger partial charge on any atom is 0.255 e. The van der Waals surface area contributed by atoms with Crippen LogP contribution in [0.25, 0.3) is 0 Å². The van der Waals surface area contributed by atoms with Crippen molar-refractivity contribution >= 4 is 11.8 Å². The molecule has 0 spiro atoms. The van der Waals surface area contributed by atoms with Crippen molar-refractivity contribution < 1.29 is 18.4 Å². The molecule has 1 rings (SSSR count). The lowest BCUT2D eigenvalue weighted by molar-refractivity contribution is -0.152. The van der Waals surface area contributed by atoms with E-state index in [9.17, 15) is 18.4 Å².